The van der Waals surface area contributed by atoms with E-state index in [1.54, 1.807) is 0 Å². The minimum absolute atomic E-state index is 0.317. The maximum Gasteiger partial charge on any atom is 0.287 e. The first-order valence-corrected chi connectivity index (χ1v) is 3.58. The largest absolute Gasteiger partial charge is 0.334 e. The van der Waals surface area contributed by atoms with Gasteiger partial charge in [0.25, 0.3) is 10.0 Å². The van der Waals surface area contributed by atoms with Crippen LogP contribution in [0.4, 0.5) is 0 Å². The van der Waals surface area contributed by atoms with Gasteiger partial charge >= 0.3 is 0 Å². The zero-order valence-electron chi connectivity index (χ0n) is 4.33. The number of nitrogens with zero attached hydrogens (tertiary/aromatic N) is 1. The number of hydrogen-bond acceptors (Lipinski definition) is 3. The monoisotopic (exact) mass is 146 g/mol. The molecule has 0 spiro atoms. The topological polar surface area (TPSA) is 86.6 Å². The van der Waals surface area contributed by atoms with Crippen LogP contribution in [0.1, 0.15) is 0 Å². The lowest BCUT2D eigenvalue weighted by atomic mass is 11.0. The van der Waals surface area contributed by atoms with Crippen molar-refractivity contribution in [3.63, 3.8) is 0 Å². The van der Waals surface area contributed by atoms with Crippen LogP contribution in [0.25, 0.3) is 0 Å². The minimum Gasteiger partial charge on any atom is -0.334 e. The fourth-order valence-corrected chi connectivity index (χ4v) is 0.821. The first-order valence-electron chi connectivity index (χ1n) is 2.10. The maximum atomic E-state index is 10.3. The van der Waals surface area contributed by atoms with Crippen LogP contribution in [-0.4, -0.2) is 18.4 Å². The summed E-state index contributed by atoms with van der Waals surface area (Å²) < 4.78 is 20.5. The van der Waals surface area contributed by atoms with Gasteiger partial charge in [0.1, 0.15) is 0 Å². The van der Waals surface area contributed by atoms with Gasteiger partial charge in [0.15, 0.2) is 0 Å². The van der Waals surface area contributed by atoms with Crippen molar-refractivity contribution in [2.45, 2.75) is 5.16 Å². The summed E-state index contributed by atoms with van der Waals surface area (Å²) in [5.74, 6) is 0. The summed E-state index contributed by atoms with van der Waals surface area (Å²) in [6, 6.07) is 0. The van der Waals surface area contributed by atoms with E-state index in [0.717, 1.165) is 0 Å². The van der Waals surface area contributed by atoms with Gasteiger partial charge in [-0.2, -0.15) is 0 Å². The van der Waals surface area contributed by atoms with Crippen molar-refractivity contribution in [2.24, 2.45) is 0 Å². The number of rotatable bonds is 1. The van der Waals surface area contributed by atoms with Crippen LogP contribution >= 0.6 is 0 Å². The third-order valence-electron chi connectivity index (χ3n) is 0.728. The van der Waals surface area contributed by atoms with E-state index in [0.29, 0.717) is 0 Å². The molecule has 0 bridgehead atoms. The standard InChI is InChI=1S/C3H4N3O2S/c4-9(7,8)3-5-1-2-6-3/h1-2,4H,(H,5,6). The van der Waals surface area contributed by atoms with Gasteiger partial charge in [0, 0.05) is 12.4 Å². The fourth-order valence-electron chi connectivity index (χ4n) is 0.398. The molecule has 0 unspecified atom stereocenters. The SMILES string of the molecule is [NH]S(=O)(=O)c1ncc[nH]1. The highest BCUT2D eigenvalue weighted by atomic mass is 32.2. The van der Waals surface area contributed by atoms with E-state index in [4.69, 9.17) is 5.14 Å². The molecule has 1 rings (SSSR count). The summed E-state index contributed by atoms with van der Waals surface area (Å²) in [6.45, 7) is 0. The van der Waals surface area contributed by atoms with Crippen LogP contribution in [0.15, 0.2) is 17.6 Å². The van der Waals surface area contributed by atoms with Crippen molar-refractivity contribution in [3.05, 3.63) is 12.4 Å². The zero-order valence-corrected chi connectivity index (χ0v) is 5.14. The van der Waals surface area contributed by atoms with E-state index in [1.807, 2.05) is 0 Å². The Labute approximate surface area is 52.0 Å². The molecule has 0 aromatic carbocycles. The third kappa shape index (κ3) is 1.27. The van der Waals surface area contributed by atoms with E-state index < -0.39 is 10.0 Å². The number of nitrogens with one attached hydrogen (secondary N) is 2. The first-order chi connectivity index (χ1) is 4.11. The van der Waals surface area contributed by atoms with Crippen LogP contribution in [0, 0.1) is 0 Å². The lowest BCUT2D eigenvalue weighted by molar-refractivity contribution is 0.589. The van der Waals surface area contributed by atoms with Gasteiger partial charge in [0.05, 0.1) is 0 Å². The number of H-pyrrole nitrogens is 1. The lowest BCUT2D eigenvalue weighted by Crippen LogP contribution is -2.02. The Hall–Kier alpha value is -0.880. The molecule has 49 valence electrons. The Morgan fingerprint density at radius 2 is 2.33 bits per heavy atom. The number of aromatic amines is 1. The summed E-state index contributed by atoms with van der Waals surface area (Å²) in [5, 5.41) is 6.15. The Balaban J connectivity index is 3.20. The minimum atomic E-state index is -3.88. The number of aromatic nitrogens is 2. The molecular weight excluding hydrogens is 142 g/mol. The summed E-state index contributed by atoms with van der Waals surface area (Å²) in [4.78, 5) is 5.65. The van der Waals surface area contributed by atoms with E-state index in [2.05, 4.69) is 9.97 Å². The van der Waals surface area contributed by atoms with Gasteiger partial charge in [0.2, 0.25) is 5.16 Å². The summed E-state index contributed by atoms with van der Waals surface area (Å²) >= 11 is 0. The maximum absolute atomic E-state index is 10.3. The predicted octanol–water partition coefficient (Wildman–Crippen LogP) is -0.619. The quantitative estimate of drug-likeness (QED) is 0.572. The van der Waals surface area contributed by atoms with Crippen molar-refractivity contribution in [1.29, 1.82) is 0 Å². The van der Waals surface area contributed by atoms with E-state index in [9.17, 15) is 8.42 Å². The van der Waals surface area contributed by atoms with Crippen molar-refractivity contribution in [3.8, 4) is 0 Å². The van der Waals surface area contributed by atoms with Crippen molar-refractivity contribution in [2.75, 3.05) is 0 Å². The molecule has 9 heavy (non-hydrogen) atoms. The molecule has 0 saturated carbocycles. The summed E-state index contributed by atoms with van der Waals surface area (Å²) in [5.41, 5.74) is 0. The van der Waals surface area contributed by atoms with Crippen LogP contribution in [0.2, 0.25) is 0 Å². The molecule has 0 aliphatic rings. The van der Waals surface area contributed by atoms with E-state index in [-0.39, 0.29) is 5.16 Å². The molecule has 0 fully saturated rings. The second kappa shape index (κ2) is 1.82. The lowest BCUT2D eigenvalue weighted by Gasteiger charge is -1.84. The molecule has 0 atom stereocenters. The predicted molar refractivity (Wildman–Crippen MR) is 28.9 cm³/mol. The Morgan fingerprint density at radius 1 is 1.67 bits per heavy atom. The number of imidazole rings is 1. The smallest absolute Gasteiger partial charge is 0.287 e. The highest BCUT2D eigenvalue weighted by Crippen LogP contribution is 1.95. The highest BCUT2D eigenvalue weighted by Gasteiger charge is 2.08. The number of sulfonamides is 1. The zero-order chi connectivity index (χ0) is 6.91. The van der Waals surface area contributed by atoms with Crippen molar-refractivity contribution in [1.82, 2.24) is 15.1 Å². The van der Waals surface area contributed by atoms with E-state index >= 15 is 0 Å². The molecule has 1 aromatic rings. The number of hydrogen-bond donors (Lipinski definition) is 1. The van der Waals surface area contributed by atoms with Gasteiger partial charge in [-0.15, -0.1) is 5.14 Å². The Morgan fingerprint density at radius 3 is 2.56 bits per heavy atom. The van der Waals surface area contributed by atoms with Gasteiger partial charge in [-0.1, -0.05) is 0 Å². The Bertz CT molecular complexity index is 274. The molecule has 1 radical (unpaired) electrons. The molecule has 5 nitrogen and oxygen atoms in total. The molecule has 6 heteroatoms. The van der Waals surface area contributed by atoms with Gasteiger partial charge in [-0.05, 0) is 0 Å². The molecule has 1 heterocycles. The van der Waals surface area contributed by atoms with Gasteiger partial charge in [-0.25, -0.2) is 13.4 Å². The highest BCUT2D eigenvalue weighted by molar-refractivity contribution is 7.88. The van der Waals surface area contributed by atoms with Gasteiger partial charge < -0.3 is 4.98 Å². The summed E-state index contributed by atoms with van der Waals surface area (Å²) in [6.07, 6.45) is 2.63. The molecule has 0 aliphatic heterocycles. The molecule has 0 amide bonds. The fraction of sp³-hybridized carbons (Fsp3) is 0. The first kappa shape index (κ1) is 6.24. The van der Waals surface area contributed by atoms with Crippen LogP contribution < -0.4 is 5.14 Å². The molecular formula is C3H4N3O2S. The van der Waals surface area contributed by atoms with E-state index in [1.165, 1.54) is 12.4 Å². The van der Waals surface area contributed by atoms with Gasteiger partial charge in [-0.3, -0.25) is 0 Å². The van der Waals surface area contributed by atoms with Crippen molar-refractivity contribution < 1.29 is 8.42 Å². The molecule has 2 N–H and O–H groups in total. The van der Waals surface area contributed by atoms with Crippen molar-refractivity contribution >= 4 is 10.0 Å². The second-order valence-electron chi connectivity index (χ2n) is 1.40. The van der Waals surface area contributed by atoms with Crippen LogP contribution in [0.3, 0.4) is 0 Å². The molecule has 0 aliphatic carbocycles. The molecule has 1 aromatic heterocycles. The molecule has 0 saturated heterocycles. The van der Waals surface area contributed by atoms with Crippen LogP contribution in [-0.2, 0) is 10.0 Å². The van der Waals surface area contributed by atoms with Crippen LogP contribution in [0.5, 0.6) is 0 Å². The summed E-state index contributed by atoms with van der Waals surface area (Å²) in [7, 11) is -3.88. The second-order valence-corrected chi connectivity index (χ2v) is 2.79. The average Bonchev–Trinajstić information content (AvgIpc) is 2.08. The normalized spacial score (nSPS) is 11.7. The third-order valence-corrected chi connectivity index (χ3v) is 1.46. The average molecular weight is 146 g/mol. The Kier molecular flexibility index (Phi) is 1.26.